The van der Waals surface area contributed by atoms with Gasteiger partial charge in [-0.1, -0.05) is 0 Å². The molecule has 2 aliphatic rings. The van der Waals surface area contributed by atoms with Crippen LogP contribution in [0.25, 0.3) is 10.9 Å². The fourth-order valence-electron chi connectivity index (χ4n) is 3.94. The first-order valence-electron chi connectivity index (χ1n) is 9.33. The van der Waals surface area contributed by atoms with Crippen LogP contribution in [-0.2, 0) is 11.3 Å². The molecule has 0 radical (unpaired) electrons. The number of rotatable bonds is 6. The molecule has 1 atom stereocenters. The highest BCUT2D eigenvalue weighted by Gasteiger charge is 2.56. The smallest absolute Gasteiger partial charge is 0.253 e. The van der Waals surface area contributed by atoms with Crippen molar-refractivity contribution in [1.82, 2.24) is 9.88 Å². The van der Waals surface area contributed by atoms with Gasteiger partial charge in [0.25, 0.3) is 5.92 Å². The van der Waals surface area contributed by atoms with Crippen LogP contribution in [-0.4, -0.2) is 48.7 Å². The van der Waals surface area contributed by atoms with Gasteiger partial charge in [0, 0.05) is 48.7 Å². The zero-order chi connectivity index (χ0) is 18.3. The highest BCUT2D eigenvalue weighted by Crippen LogP contribution is 2.48. The number of aromatic nitrogens is 1. The second kappa shape index (κ2) is 6.82. The van der Waals surface area contributed by atoms with Gasteiger partial charge in [0.2, 0.25) is 0 Å². The van der Waals surface area contributed by atoms with Crippen LogP contribution in [0, 0.1) is 12.8 Å². The minimum atomic E-state index is -2.48. The Hall–Kier alpha value is -1.66. The lowest BCUT2D eigenvalue weighted by molar-refractivity contribution is -0.0156. The number of hydrogen-bond donors (Lipinski definition) is 1. The maximum atomic E-state index is 13.0. The van der Waals surface area contributed by atoms with Gasteiger partial charge in [-0.05, 0) is 37.5 Å². The topological polar surface area (TPSA) is 37.5 Å². The van der Waals surface area contributed by atoms with Gasteiger partial charge in [-0.25, -0.2) is 8.78 Å². The average Bonchev–Trinajstić information content (AvgIpc) is 3.02. The van der Waals surface area contributed by atoms with Crippen molar-refractivity contribution in [2.45, 2.75) is 44.8 Å². The van der Waals surface area contributed by atoms with Gasteiger partial charge in [0.1, 0.15) is 5.75 Å². The maximum Gasteiger partial charge on any atom is 0.253 e. The van der Waals surface area contributed by atoms with Gasteiger partial charge in [-0.15, -0.1) is 0 Å². The highest BCUT2D eigenvalue weighted by atomic mass is 19.3. The van der Waals surface area contributed by atoms with Gasteiger partial charge in [0.15, 0.2) is 0 Å². The Kier molecular flexibility index (Phi) is 4.65. The molecule has 4 nitrogen and oxygen atoms in total. The minimum Gasteiger partial charge on any atom is -0.496 e. The number of ether oxygens (including phenoxy) is 2. The van der Waals surface area contributed by atoms with Crippen molar-refractivity contribution in [3.63, 3.8) is 0 Å². The Morgan fingerprint density at radius 3 is 2.69 bits per heavy atom. The third-order valence-electron chi connectivity index (χ3n) is 5.74. The van der Waals surface area contributed by atoms with E-state index in [1.807, 2.05) is 6.20 Å². The van der Waals surface area contributed by atoms with E-state index in [-0.39, 0.29) is 19.1 Å². The number of methoxy groups -OCH3 is 1. The summed E-state index contributed by atoms with van der Waals surface area (Å²) in [5.74, 6) is -2.12. The molecule has 1 saturated heterocycles. The molecule has 2 heterocycles. The number of nitrogens with zero attached hydrogens (tertiary/aromatic N) is 1. The number of piperidine rings is 1. The number of hydrogen-bond acceptors (Lipinski definition) is 3. The number of likely N-dealkylation sites (tertiary alicyclic amines) is 1. The molecule has 26 heavy (non-hydrogen) atoms. The predicted molar refractivity (Wildman–Crippen MR) is 96.9 cm³/mol. The lowest BCUT2D eigenvalue weighted by Crippen LogP contribution is -2.37. The van der Waals surface area contributed by atoms with Gasteiger partial charge >= 0.3 is 0 Å². The zero-order valence-electron chi connectivity index (χ0n) is 15.4. The third-order valence-corrected chi connectivity index (χ3v) is 5.74. The summed E-state index contributed by atoms with van der Waals surface area (Å²) in [5.41, 5.74) is 3.53. The standard InChI is InChI=1S/C20H26F2N2O2/c1-13-9-18(25-2)17(16-3-6-23-19(13)16)11-24-7-4-15(5-8-24)26-12-14-10-20(14,21)22/h3,6,9,14-15,23H,4-5,7-8,10-12H2,1-2H3. The van der Waals surface area contributed by atoms with Crippen LogP contribution >= 0.6 is 0 Å². The van der Waals surface area contributed by atoms with Crippen molar-refractivity contribution < 1.29 is 18.3 Å². The summed E-state index contributed by atoms with van der Waals surface area (Å²) in [6.07, 6.45) is 3.85. The number of nitrogens with one attached hydrogen (secondary N) is 1. The number of benzene rings is 1. The van der Waals surface area contributed by atoms with Crippen molar-refractivity contribution in [2.75, 3.05) is 26.8 Å². The molecular formula is C20H26F2N2O2. The Morgan fingerprint density at radius 2 is 2.04 bits per heavy atom. The van der Waals surface area contributed by atoms with Gasteiger partial charge in [0.05, 0.1) is 25.7 Å². The van der Waals surface area contributed by atoms with E-state index in [4.69, 9.17) is 9.47 Å². The number of alkyl halides is 2. The molecule has 4 rings (SSSR count). The molecule has 6 heteroatoms. The quantitative estimate of drug-likeness (QED) is 0.838. The predicted octanol–water partition coefficient (Wildman–Crippen LogP) is 4.12. The molecular weight excluding hydrogens is 338 g/mol. The second-order valence-corrected chi connectivity index (χ2v) is 7.61. The Bertz CT molecular complexity index is 781. The van der Waals surface area contributed by atoms with Crippen LogP contribution < -0.4 is 4.74 Å². The largest absolute Gasteiger partial charge is 0.496 e. The summed E-state index contributed by atoms with van der Waals surface area (Å²) >= 11 is 0. The van der Waals surface area contributed by atoms with Crippen LogP contribution in [0.2, 0.25) is 0 Å². The number of fused-ring (bicyclic) bond motifs is 1. The first kappa shape index (κ1) is 17.7. The summed E-state index contributed by atoms with van der Waals surface area (Å²) in [7, 11) is 1.71. The van der Waals surface area contributed by atoms with Crippen molar-refractivity contribution in [1.29, 1.82) is 0 Å². The van der Waals surface area contributed by atoms with E-state index in [1.54, 1.807) is 7.11 Å². The second-order valence-electron chi connectivity index (χ2n) is 7.61. The molecule has 0 amide bonds. The fourth-order valence-corrected chi connectivity index (χ4v) is 3.94. The van der Waals surface area contributed by atoms with Gasteiger partial charge in [-0.2, -0.15) is 0 Å². The summed E-state index contributed by atoms with van der Waals surface area (Å²) < 4.78 is 37.3. The average molecular weight is 364 g/mol. The van der Waals surface area contributed by atoms with E-state index < -0.39 is 11.8 Å². The summed E-state index contributed by atoms with van der Waals surface area (Å²) in [5, 5.41) is 1.20. The van der Waals surface area contributed by atoms with Gasteiger partial charge in [-0.3, -0.25) is 4.90 Å². The minimum absolute atomic E-state index is 0.00821. The normalized spacial score (nSPS) is 23.5. The molecule has 1 aromatic heterocycles. The Labute approximate surface area is 152 Å². The van der Waals surface area contributed by atoms with E-state index in [2.05, 4.69) is 28.9 Å². The van der Waals surface area contributed by atoms with E-state index in [0.29, 0.717) is 0 Å². The van der Waals surface area contributed by atoms with Crippen molar-refractivity contribution in [2.24, 2.45) is 5.92 Å². The van der Waals surface area contributed by atoms with Crippen molar-refractivity contribution in [3.05, 3.63) is 29.5 Å². The maximum absolute atomic E-state index is 13.0. The lowest BCUT2D eigenvalue weighted by Gasteiger charge is -2.32. The fraction of sp³-hybridized carbons (Fsp3) is 0.600. The van der Waals surface area contributed by atoms with E-state index in [9.17, 15) is 8.78 Å². The number of H-pyrrole nitrogens is 1. The molecule has 0 bridgehead atoms. The summed E-state index contributed by atoms with van der Waals surface area (Å²) in [6.45, 7) is 4.93. The molecule has 1 aliphatic heterocycles. The number of halogens is 2. The molecule has 2 aromatic rings. The SMILES string of the molecule is COc1cc(C)c2[nH]ccc2c1CN1CCC(OCC2CC2(F)F)CC1. The van der Waals surface area contributed by atoms with Crippen molar-refractivity contribution in [3.8, 4) is 5.75 Å². The highest BCUT2D eigenvalue weighted by molar-refractivity contribution is 5.88. The van der Waals surface area contributed by atoms with Crippen LogP contribution in [0.4, 0.5) is 8.78 Å². The Balaban J connectivity index is 1.36. The molecule has 1 aliphatic carbocycles. The summed E-state index contributed by atoms with van der Waals surface area (Å²) in [4.78, 5) is 5.70. The lowest BCUT2D eigenvalue weighted by atomic mass is 10.0. The zero-order valence-corrected chi connectivity index (χ0v) is 15.4. The molecule has 0 spiro atoms. The van der Waals surface area contributed by atoms with Crippen LogP contribution in [0.5, 0.6) is 5.75 Å². The number of aromatic amines is 1. The van der Waals surface area contributed by atoms with Gasteiger partial charge < -0.3 is 14.5 Å². The van der Waals surface area contributed by atoms with E-state index >= 15 is 0 Å². The van der Waals surface area contributed by atoms with E-state index in [1.165, 1.54) is 16.5 Å². The molecule has 1 aromatic carbocycles. The molecule has 1 unspecified atom stereocenters. The van der Waals surface area contributed by atoms with E-state index in [0.717, 1.165) is 43.7 Å². The molecule has 2 fully saturated rings. The first-order valence-corrected chi connectivity index (χ1v) is 9.33. The first-order chi connectivity index (χ1) is 12.5. The summed E-state index contributed by atoms with van der Waals surface area (Å²) in [6, 6.07) is 4.19. The Morgan fingerprint density at radius 1 is 1.31 bits per heavy atom. The van der Waals surface area contributed by atoms with Crippen LogP contribution in [0.1, 0.15) is 30.4 Å². The van der Waals surface area contributed by atoms with Crippen LogP contribution in [0.3, 0.4) is 0 Å². The van der Waals surface area contributed by atoms with Crippen LogP contribution in [0.15, 0.2) is 18.3 Å². The monoisotopic (exact) mass is 364 g/mol. The van der Waals surface area contributed by atoms with Crippen molar-refractivity contribution >= 4 is 10.9 Å². The number of aryl methyl sites for hydroxylation is 1. The third kappa shape index (κ3) is 3.45. The molecule has 1 N–H and O–H groups in total. The molecule has 1 saturated carbocycles. The molecule has 142 valence electrons.